The molecule has 2 heteroatoms. The van der Waals surface area contributed by atoms with Gasteiger partial charge in [0.1, 0.15) is 0 Å². The predicted octanol–water partition coefficient (Wildman–Crippen LogP) is 16.2. The lowest BCUT2D eigenvalue weighted by atomic mass is 9.99. The molecule has 12 rings (SSSR count). The Kier molecular flexibility index (Phi) is 6.95. The Morgan fingerprint density at radius 3 is 1.55 bits per heavy atom. The summed E-state index contributed by atoms with van der Waals surface area (Å²) in [5.41, 5.74) is 13.0. The zero-order valence-electron chi connectivity index (χ0n) is 40.4. The molecule has 0 aliphatic rings. The fourth-order valence-corrected chi connectivity index (χ4v) is 9.00. The molecular formula is C60H40N2. The lowest BCUT2D eigenvalue weighted by Crippen LogP contribution is -1.96. The standard InChI is InChI=1S/C60H40N2/c1-4-14-41(15-5-1)43-26-28-44(29-27-43)45-30-34-50(35-31-45)61-57-25-11-10-22-53(57)55-39-48(32-36-58(55)61)49-33-37-59-56(40-49)54-24-13-23-52(46-18-8-3-9-19-46)60(54)62(59)51-21-12-20-47(38-51)42-16-6-2-7-17-42/h1-40H/i10D,11D,22D,25D,32D,36D,39D. The summed E-state index contributed by atoms with van der Waals surface area (Å²) in [6.45, 7) is 0. The smallest absolute Gasteiger partial charge is 0.0645 e. The second-order valence-corrected chi connectivity index (χ2v) is 15.6. The van der Waals surface area contributed by atoms with Crippen molar-refractivity contribution in [2.24, 2.45) is 0 Å². The number of hydrogen-bond acceptors (Lipinski definition) is 0. The summed E-state index contributed by atoms with van der Waals surface area (Å²) in [5, 5.41) is 2.21. The van der Waals surface area contributed by atoms with E-state index in [4.69, 9.17) is 2.74 Å². The molecular weight excluding hydrogens is 749 g/mol. The molecule has 62 heavy (non-hydrogen) atoms. The molecule has 0 saturated heterocycles. The number of rotatable bonds is 7. The molecule has 0 atom stereocenters. The van der Waals surface area contributed by atoms with Crippen molar-refractivity contribution in [2.45, 2.75) is 0 Å². The molecule has 0 spiro atoms. The van der Waals surface area contributed by atoms with Crippen molar-refractivity contribution in [2.75, 3.05) is 0 Å². The van der Waals surface area contributed by atoms with Crippen LogP contribution in [0.25, 0.3) is 111 Å². The maximum absolute atomic E-state index is 9.98. The summed E-state index contributed by atoms with van der Waals surface area (Å²) in [6, 6.07) is 65.5. The summed E-state index contributed by atoms with van der Waals surface area (Å²) >= 11 is 0. The molecule has 0 N–H and O–H groups in total. The van der Waals surface area contributed by atoms with E-state index in [1.54, 1.807) is 4.57 Å². The third-order valence-electron chi connectivity index (χ3n) is 12.0. The molecule has 10 aromatic carbocycles. The molecule has 290 valence electrons. The van der Waals surface area contributed by atoms with Crippen LogP contribution in [0.15, 0.2) is 242 Å². The molecule has 12 aromatic rings. The van der Waals surface area contributed by atoms with Crippen molar-refractivity contribution in [1.82, 2.24) is 9.13 Å². The lowest BCUT2D eigenvalue weighted by Gasteiger charge is -2.13. The van der Waals surface area contributed by atoms with Crippen LogP contribution < -0.4 is 0 Å². The van der Waals surface area contributed by atoms with Gasteiger partial charge in [-0.15, -0.1) is 0 Å². The molecule has 2 heterocycles. The van der Waals surface area contributed by atoms with Gasteiger partial charge in [-0.3, -0.25) is 0 Å². The second-order valence-electron chi connectivity index (χ2n) is 15.6. The van der Waals surface area contributed by atoms with Crippen LogP contribution in [0, 0.1) is 0 Å². The maximum Gasteiger partial charge on any atom is 0.0645 e. The van der Waals surface area contributed by atoms with Gasteiger partial charge in [-0.25, -0.2) is 0 Å². The van der Waals surface area contributed by atoms with Gasteiger partial charge in [-0.2, -0.15) is 0 Å². The zero-order valence-corrected chi connectivity index (χ0v) is 33.4. The van der Waals surface area contributed by atoms with E-state index in [1.807, 2.05) is 97.1 Å². The van der Waals surface area contributed by atoms with Gasteiger partial charge in [0.2, 0.25) is 0 Å². The van der Waals surface area contributed by atoms with Crippen molar-refractivity contribution >= 4 is 43.6 Å². The number of hydrogen-bond donors (Lipinski definition) is 0. The number of fused-ring (bicyclic) bond motifs is 6. The monoisotopic (exact) mass is 795 g/mol. The Morgan fingerprint density at radius 2 is 0.839 bits per heavy atom. The Balaban J connectivity index is 1.06. The molecule has 0 aliphatic heterocycles. The Morgan fingerprint density at radius 1 is 0.290 bits per heavy atom. The third-order valence-corrected chi connectivity index (χ3v) is 12.0. The van der Waals surface area contributed by atoms with Crippen LogP contribution in [0.3, 0.4) is 0 Å². The van der Waals surface area contributed by atoms with Gasteiger partial charge in [0, 0.05) is 38.5 Å². The predicted molar refractivity (Wildman–Crippen MR) is 262 cm³/mol. The first-order valence-corrected chi connectivity index (χ1v) is 20.8. The van der Waals surface area contributed by atoms with Crippen molar-refractivity contribution in [1.29, 1.82) is 0 Å². The van der Waals surface area contributed by atoms with Gasteiger partial charge >= 0.3 is 0 Å². The highest BCUT2D eigenvalue weighted by Crippen LogP contribution is 2.42. The summed E-state index contributed by atoms with van der Waals surface area (Å²) in [4.78, 5) is 0. The minimum Gasteiger partial charge on any atom is -0.309 e. The van der Waals surface area contributed by atoms with E-state index in [-0.39, 0.29) is 57.6 Å². The molecule has 0 radical (unpaired) electrons. The summed E-state index contributed by atoms with van der Waals surface area (Å²) < 4.78 is 69.3. The normalized spacial score (nSPS) is 13.1. The Labute approximate surface area is 370 Å². The SMILES string of the molecule is [2H]c1c([2H])c([2H])c2c(c1[2H])c1c([2H])c(-c3ccc4c(c3)c3cccc(-c5ccccc5)c3n4-c3cccc(-c4ccccc4)c3)c([2H])c([2H])c1n2-c1ccc(-c2ccc(-c3ccccc3)cc2)cc1. The Hall–Kier alpha value is -8.20. The summed E-state index contributed by atoms with van der Waals surface area (Å²) in [6.07, 6.45) is 0. The highest BCUT2D eigenvalue weighted by atomic mass is 15.0. The zero-order chi connectivity index (χ0) is 47.1. The van der Waals surface area contributed by atoms with E-state index >= 15 is 0 Å². The number of aromatic nitrogens is 2. The molecule has 2 nitrogen and oxygen atoms in total. The first kappa shape index (κ1) is 29.1. The van der Waals surface area contributed by atoms with E-state index in [0.717, 1.165) is 72.0 Å². The van der Waals surface area contributed by atoms with Gasteiger partial charge in [0.05, 0.1) is 31.7 Å². The van der Waals surface area contributed by atoms with Crippen molar-refractivity contribution in [3.63, 3.8) is 0 Å². The molecule has 0 amide bonds. The van der Waals surface area contributed by atoms with E-state index < -0.39 is 12.1 Å². The van der Waals surface area contributed by atoms with Crippen LogP contribution in [0.2, 0.25) is 0 Å². The molecule has 0 fully saturated rings. The first-order valence-electron chi connectivity index (χ1n) is 24.3. The number of para-hydroxylation sites is 2. The first-order chi connectivity index (χ1) is 33.7. The van der Waals surface area contributed by atoms with Crippen LogP contribution in [0.1, 0.15) is 9.60 Å². The van der Waals surface area contributed by atoms with Crippen LogP contribution >= 0.6 is 0 Å². The van der Waals surface area contributed by atoms with Crippen molar-refractivity contribution in [3.05, 3.63) is 242 Å². The lowest BCUT2D eigenvalue weighted by molar-refractivity contribution is 1.18. The summed E-state index contributed by atoms with van der Waals surface area (Å²) in [7, 11) is 0. The Bertz CT molecular complexity index is 3990. The fraction of sp³-hybridized carbons (Fsp3) is 0. The van der Waals surface area contributed by atoms with E-state index in [1.165, 1.54) is 0 Å². The molecule has 0 saturated carbocycles. The van der Waals surface area contributed by atoms with Crippen LogP contribution in [-0.2, 0) is 0 Å². The van der Waals surface area contributed by atoms with Crippen LogP contribution in [0.4, 0.5) is 0 Å². The van der Waals surface area contributed by atoms with Crippen molar-refractivity contribution < 1.29 is 9.60 Å². The molecule has 0 aliphatic carbocycles. The topological polar surface area (TPSA) is 9.86 Å². The minimum absolute atomic E-state index is 0.0847. The van der Waals surface area contributed by atoms with Gasteiger partial charge in [-0.1, -0.05) is 188 Å². The van der Waals surface area contributed by atoms with Gasteiger partial charge < -0.3 is 9.13 Å². The van der Waals surface area contributed by atoms with E-state index in [2.05, 4.69) is 108 Å². The largest absolute Gasteiger partial charge is 0.309 e. The molecule has 2 aromatic heterocycles. The van der Waals surface area contributed by atoms with Gasteiger partial charge in [-0.05, 0) is 105 Å². The number of benzene rings is 10. The highest BCUT2D eigenvalue weighted by molar-refractivity contribution is 6.15. The average molecular weight is 796 g/mol. The van der Waals surface area contributed by atoms with Crippen LogP contribution in [-0.4, -0.2) is 9.13 Å². The average Bonchev–Trinajstić information content (AvgIpc) is 3.94. The quantitative estimate of drug-likeness (QED) is 0.152. The minimum atomic E-state index is -0.428. The number of nitrogens with zero attached hydrogens (tertiary/aromatic N) is 2. The summed E-state index contributed by atoms with van der Waals surface area (Å²) in [5.74, 6) is 0. The fourth-order valence-electron chi connectivity index (χ4n) is 9.00. The third kappa shape index (κ3) is 6.04. The van der Waals surface area contributed by atoms with Crippen molar-refractivity contribution in [3.8, 4) is 67.0 Å². The highest BCUT2D eigenvalue weighted by Gasteiger charge is 2.19. The second kappa shape index (κ2) is 14.8. The maximum atomic E-state index is 9.98. The van der Waals surface area contributed by atoms with Gasteiger partial charge in [0.15, 0.2) is 0 Å². The van der Waals surface area contributed by atoms with E-state index in [9.17, 15) is 6.85 Å². The van der Waals surface area contributed by atoms with Gasteiger partial charge in [0.25, 0.3) is 0 Å². The molecule has 0 bridgehead atoms. The van der Waals surface area contributed by atoms with E-state index in [0.29, 0.717) is 11.3 Å². The van der Waals surface area contributed by atoms with Crippen LogP contribution in [0.5, 0.6) is 0 Å². The molecule has 0 unspecified atom stereocenters.